The second kappa shape index (κ2) is 11.2. The van der Waals surface area contributed by atoms with Gasteiger partial charge in [-0.25, -0.2) is 4.98 Å². The summed E-state index contributed by atoms with van der Waals surface area (Å²) in [7, 11) is 0. The number of ether oxygens (including phenoxy) is 1. The van der Waals surface area contributed by atoms with Crippen molar-refractivity contribution < 1.29 is 9.53 Å². The third-order valence-electron chi connectivity index (χ3n) is 7.59. The Morgan fingerprint density at radius 1 is 0.921 bits per heavy atom. The molecule has 1 saturated heterocycles. The largest absolute Gasteiger partial charge is 0.486 e. The van der Waals surface area contributed by atoms with Gasteiger partial charge in [-0.05, 0) is 79.7 Å². The molecule has 5 aromatic rings. The first-order chi connectivity index (χ1) is 18.7. The van der Waals surface area contributed by atoms with E-state index in [2.05, 4.69) is 46.3 Å². The van der Waals surface area contributed by atoms with Gasteiger partial charge in [0, 0.05) is 17.7 Å². The number of carbonyl (C=O) groups excluding carboxylic acids is 1. The minimum Gasteiger partial charge on any atom is -0.486 e. The van der Waals surface area contributed by atoms with Gasteiger partial charge in [-0.2, -0.15) is 0 Å². The highest BCUT2D eigenvalue weighted by molar-refractivity contribution is 6.09. The second-order valence-electron chi connectivity index (χ2n) is 10.2. The maximum atomic E-state index is 12.9. The number of fused-ring (bicyclic) bond motifs is 2. The van der Waals surface area contributed by atoms with Crippen molar-refractivity contribution in [2.24, 2.45) is 5.92 Å². The van der Waals surface area contributed by atoms with Crippen molar-refractivity contribution in [3.8, 4) is 5.75 Å². The first-order valence-electron chi connectivity index (χ1n) is 13.7. The van der Waals surface area contributed by atoms with Gasteiger partial charge in [0.15, 0.2) is 5.78 Å². The van der Waals surface area contributed by atoms with Gasteiger partial charge in [-0.15, -0.1) is 0 Å². The molecule has 0 saturated carbocycles. The van der Waals surface area contributed by atoms with E-state index in [0.717, 1.165) is 48.8 Å². The van der Waals surface area contributed by atoms with E-state index in [1.807, 2.05) is 54.6 Å². The van der Waals surface area contributed by atoms with Crippen LogP contribution in [0.3, 0.4) is 0 Å². The number of hydrogen-bond acceptors (Lipinski definition) is 4. The van der Waals surface area contributed by atoms with E-state index in [1.54, 1.807) is 0 Å². The minimum atomic E-state index is -0.00724. The fourth-order valence-corrected chi connectivity index (χ4v) is 5.56. The molecule has 0 spiro atoms. The number of ketones is 1. The number of carbonyl (C=O) groups is 1. The van der Waals surface area contributed by atoms with Gasteiger partial charge in [0.05, 0.1) is 11.0 Å². The Bertz CT molecular complexity index is 1550. The summed E-state index contributed by atoms with van der Waals surface area (Å²) in [5.41, 5.74) is 3.44. The molecular formula is C33H33N3O2. The SMILES string of the molecule is O=C(c1ccccc1)c1cccc(OCc2nc3cc4ccccc4cc3n2CCCC2CCCNC2)c1. The van der Waals surface area contributed by atoms with E-state index in [0.29, 0.717) is 23.5 Å². The number of aromatic nitrogens is 2. The molecule has 0 radical (unpaired) electrons. The van der Waals surface area contributed by atoms with E-state index < -0.39 is 0 Å². The van der Waals surface area contributed by atoms with Crippen LogP contribution in [0.1, 0.15) is 47.4 Å². The lowest BCUT2D eigenvalue weighted by Crippen LogP contribution is -2.29. The highest BCUT2D eigenvalue weighted by Crippen LogP contribution is 2.26. The smallest absolute Gasteiger partial charge is 0.193 e. The van der Waals surface area contributed by atoms with Crippen LogP contribution in [0.25, 0.3) is 21.8 Å². The molecule has 4 aromatic carbocycles. The molecule has 5 nitrogen and oxygen atoms in total. The average Bonchev–Trinajstić information content (AvgIpc) is 3.31. The molecule has 1 unspecified atom stereocenters. The fourth-order valence-electron chi connectivity index (χ4n) is 5.56. The van der Waals surface area contributed by atoms with E-state index in [9.17, 15) is 4.79 Å². The molecule has 2 heterocycles. The Kier molecular flexibility index (Phi) is 7.18. The minimum absolute atomic E-state index is 0.00724. The summed E-state index contributed by atoms with van der Waals surface area (Å²) in [6.07, 6.45) is 4.91. The van der Waals surface area contributed by atoms with Crippen molar-refractivity contribution in [3.05, 3.63) is 108 Å². The number of hydrogen-bond donors (Lipinski definition) is 1. The Morgan fingerprint density at radius 3 is 2.53 bits per heavy atom. The predicted molar refractivity (Wildman–Crippen MR) is 153 cm³/mol. The average molecular weight is 504 g/mol. The van der Waals surface area contributed by atoms with Gasteiger partial charge in [0.25, 0.3) is 0 Å². The number of nitrogens with one attached hydrogen (secondary N) is 1. The van der Waals surface area contributed by atoms with Crippen molar-refractivity contribution in [2.75, 3.05) is 13.1 Å². The third kappa shape index (κ3) is 5.34. The van der Waals surface area contributed by atoms with Crippen LogP contribution in [0, 0.1) is 5.92 Å². The predicted octanol–water partition coefficient (Wildman–Crippen LogP) is 6.78. The van der Waals surface area contributed by atoms with E-state index in [1.165, 1.54) is 30.0 Å². The lowest BCUT2D eigenvalue weighted by molar-refractivity contribution is 0.103. The van der Waals surface area contributed by atoms with Crippen LogP contribution in [-0.2, 0) is 13.2 Å². The number of imidazole rings is 1. The molecule has 1 aliphatic rings. The lowest BCUT2D eigenvalue weighted by atomic mass is 9.95. The standard InChI is InChI=1S/C33H33N3O2/c37-33(25-11-2-1-3-12-25)28-15-6-16-29(19-28)38-23-32-35-30-20-26-13-4-5-14-27(26)21-31(30)36(32)18-8-10-24-9-7-17-34-22-24/h1-6,11-16,19-21,24,34H,7-10,17-18,22-23H2. The van der Waals surface area contributed by atoms with Crippen LogP contribution in [0.15, 0.2) is 91.0 Å². The molecule has 1 atom stereocenters. The number of rotatable bonds is 9. The second-order valence-corrected chi connectivity index (χ2v) is 10.2. The fraction of sp³-hybridized carbons (Fsp3) is 0.273. The first kappa shape index (κ1) is 24.4. The number of aryl methyl sites for hydroxylation is 1. The first-order valence-corrected chi connectivity index (χ1v) is 13.7. The summed E-state index contributed by atoms with van der Waals surface area (Å²) in [5, 5.41) is 5.95. The molecule has 0 bridgehead atoms. The lowest BCUT2D eigenvalue weighted by Gasteiger charge is -2.22. The molecule has 192 valence electrons. The van der Waals surface area contributed by atoms with Gasteiger partial charge >= 0.3 is 0 Å². The summed E-state index contributed by atoms with van der Waals surface area (Å²) in [4.78, 5) is 17.9. The molecule has 0 aliphatic carbocycles. The van der Waals surface area contributed by atoms with Crippen molar-refractivity contribution in [2.45, 2.75) is 38.8 Å². The summed E-state index contributed by atoms with van der Waals surface area (Å²) in [5.74, 6) is 2.33. The van der Waals surface area contributed by atoms with Gasteiger partial charge in [0.2, 0.25) is 0 Å². The summed E-state index contributed by atoms with van der Waals surface area (Å²) < 4.78 is 8.57. The van der Waals surface area contributed by atoms with E-state index in [-0.39, 0.29) is 5.78 Å². The molecule has 5 heteroatoms. The topological polar surface area (TPSA) is 56.1 Å². The zero-order valence-corrected chi connectivity index (χ0v) is 21.6. The van der Waals surface area contributed by atoms with Crippen molar-refractivity contribution in [3.63, 3.8) is 0 Å². The Labute approximate surface area is 223 Å². The van der Waals surface area contributed by atoms with Gasteiger partial charge in [0.1, 0.15) is 18.2 Å². The molecular weight excluding hydrogens is 470 g/mol. The van der Waals surface area contributed by atoms with Gasteiger partial charge in [-0.3, -0.25) is 4.79 Å². The van der Waals surface area contributed by atoms with Gasteiger partial charge < -0.3 is 14.6 Å². The molecule has 0 amide bonds. The molecule has 1 N–H and O–H groups in total. The maximum absolute atomic E-state index is 12.9. The zero-order valence-electron chi connectivity index (χ0n) is 21.6. The van der Waals surface area contributed by atoms with Crippen LogP contribution in [-0.4, -0.2) is 28.4 Å². The summed E-state index contributed by atoms with van der Waals surface area (Å²) in [6, 6.07) is 29.7. The maximum Gasteiger partial charge on any atom is 0.193 e. The molecule has 1 aliphatic heterocycles. The van der Waals surface area contributed by atoms with Crippen molar-refractivity contribution in [1.82, 2.24) is 14.9 Å². The Balaban J connectivity index is 1.24. The monoisotopic (exact) mass is 503 g/mol. The van der Waals surface area contributed by atoms with E-state index in [4.69, 9.17) is 9.72 Å². The van der Waals surface area contributed by atoms with Crippen LogP contribution >= 0.6 is 0 Å². The van der Waals surface area contributed by atoms with Crippen LogP contribution < -0.4 is 10.1 Å². The zero-order chi connectivity index (χ0) is 25.7. The van der Waals surface area contributed by atoms with E-state index >= 15 is 0 Å². The number of piperidine rings is 1. The highest BCUT2D eigenvalue weighted by Gasteiger charge is 2.16. The molecule has 38 heavy (non-hydrogen) atoms. The van der Waals surface area contributed by atoms with Gasteiger partial charge in [-0.1, -0.05) is 66.7 Å². The quantitative estimate of drug-likeness (QED) is 0.225. The van der Waals surface area contributed by atoms with Crippen LogP contribution in [0.5, 0.6) is 5.75 Å². The Morgan fingerprint density at radius 2 is 1.71 bits per heavy atom. The third-order valence-corrected chi connectivity index (χ3v) is 7.59. The highest BCUT2D eigenvalue weighted by atomic mass is 16.5. The molecule has 6 rings (SSSR count). The van der Waals surface area contributed by atoms with Crippen molar-refractivity contribution in [1.29, 1.82) is 0 Å². The molecule has 1 aromatic heterocycles. The van der Waals surface area contributed by atoms with Crippen LogP contribution in [0.4, 0.5) is 0 Å². The van der Waals surface area contributed by atoms with Crippen molar-refractivity contribution >= 4 is 27.6 Å². The molecule has 1 fully saturated rings. The summed E-state index contributed by atoms with van der Waals surface area (Å²) in [6.45, 7) is 3.54. The normalized spacial score (nSPS) is 15.6. The number of benzene rings is 4. The summed E-state index contributed by atoms with van der Waals surface area (Å²) >= 11 is 0. The van der Waals surface area contributed by atoms with Crippen LogP contribution in [0.2, 0.25) is 0 Å². The number of nitrogens with zero attached hydrogens (tertiary/aromatic N) is 2. The Hall–Kier alpha value is -3.96.